The summed E-state index contributed by atoms with van der Waals surface area (Å²) in [7, 11) is 9.12. The van der Waals surface area contributed by atoms with E-state index in [1.54, 1.807) is 51.7 Å². The molecule has 3 aromatic carbocycles. The number of amides is 1. The van der Waals surface area contributed by atoms with E-state index in [4.69, 9.17) is 28.4 Å². The van der Waals surface area contributed by atoms with Crippen molar-refractivity contribution >= 4 is 29.8 Å². The van der Waals surface area contributed by atoms with Crippen LogP contribution < -0.4 is 33.7 Å². The van der Waals surface area contributed by atoms with Gasteiger partial charge in [0.05, 0.1) is 48.3 Å². The lowest BCUT2D eigenvalue weighted by atomic mass is 10.1. The fourth-order valence-electron chi connectivity index (χ4n) is 3.74. The first-order valence-electron chi connectivity index (χ1n) is 11.5. The van der Waals surface area contributed by atoms with Crippen LogP contribution >= 0.6 is 0 Å². The van der Waals surface area contributed by atoms with Crippen molar-refractivity contribution < 1.29 is 38.3 Å². The maximum absolute atomic E-state index is 12.9. The number of hydrogen-bond donors (Lipinski definition) is 2. The maximum atomic E-state index is 12.9. The fraction of sp³-hybridized carbons (Fsp3) is 0.207. The van der Waals surface area contributed by atoms with Crippen LogP contribution in [0.2, 0.25) is 0 Å². The summed E-state index contributed by atoms with van der Waals surface area (Å²) in [6, 6.07) is 12.0. The second-order valence-electron chi connectivity index (χ2n) is 7.81. The molecule has 38 heavy (non-hydrogen) atoms. The minimum Gasteiger partial charge on any atom is -0.504 e. The Morgan fingerprint density at radius 3 is 1.82 bits per heavy atom. The zero-order chi connectivity index (χ0) is 27.7. The average molecular weight is 522 g/mol. The summed E-state index contributed by atoms with van der Waals surface area (Å²) in [4.78, 5) is 12.9. The van der Waals surface area contributed by atoms with E-state index >= 15 is 0 Å². The summed E-state index contributed by atoms with van der Waals surface area (Å²) in [5.74, 6) is 2.25. The van der Waals surface area contributed by atoms with Crippen molar-refractivity contribution in [1.29, 1.82) is 0 Å². The largest absolute Gasteiger partial charge is 0.504 e. The van der Waals surface area contributed by atoms with Gasteiger partial charge in [-0.2, -0.15) is 0 Å². The van der Waals surface area contributed by atoms with E-state index in [9.17, 15) is 9.90 Å². The van der Waals surface area contributed by atoms with E-state index in [0.29, 0.717) is 51.3 Å². The molecule has 200 valence electrons. The lowest BCUT2D eigenvalue weighted by molar-refractivity contribution is -0.111. The van der Waals surface area contributed by atoms with Gasteiger partial charge in [0.25, 0.3) is 0 Å². The number of rotatable bonds is 11. The van der Waals surface area contributed by atoms with E-state index in [-0.39, 0.29) is 5.75 Å². The molecule has 0 aromatic heterocycles. The van der Waals surface area contributed by atoms with E-state index in [2.05, 4.69) is 5.32 Å². The molecule has 0 saturated heterocycles. The van der Waals surface area contributed by atoms with Gasteiger partial charge < -0.3 is 38.8 Å². The molecule has 9 heteroatoms. The molecule has 0 heterocycles. The van der Waals surface area contributed by atoms with Gasteiger partial charge in [-0.1, -0.05) is 18.2 Å². The number of phenolic OH excluding ortho intramolecular Hbond substituents is 1. The summed E-state index contributed by atoms with van der Waals surface area (Å²) in [5, 5.41) is 12.9. The van der Waals surface area contributed by atoms with Crippen molar-refractivity contribution in [2.75, 3.05) is 48.0 Å². The molecule has 2 N–H and O–H groups in total. The number of carbonyl (C=O) groups is 1. The Hall–Kier alpha value is -4.79. The fourth-order valence-corrected chi connectivity index (χ4v) is 3.74. The lowest BCUT2D eigenvalue weighted by Crippen LogP contribution is -2.11. The topological polar surface area (TPSA) is 105 Å². The Bertz CT molecular complexity index is 1320. The molecule has 1 amide bonds. The number of phenols is 1. The first-order valence-corrected chi connectivity index (χ1v) is 11.5. The lowest BCUT2D eigenvalue weighted by Gasteiger charge is -2.16. The van der Waals surface area contributed by atoms with E-state index in [1.807, 2.05) is 24.3 Å². The highest BCUT2D eigenvalue weighted by atomic mass is 16.5. The van der Waals surface area contributed by atoms with Crippen LogP contribution in [0.15, 0.2) is 48.5 Å². The zero-order valence-electron chi connectivity index (χ0n) is 22.2. The van der Waals surface area contributed by atoms with Crippen LogP contribution in [0.3, 0.4) is 0 Å². The van der Waals surface area contributed by atoms with Gasteiger partial charge in [-0.05, 0) is 53.6 Å². The van der Waals surface area contributed by atoms with Gasteiger partial charge in [0.2, 0.25) is 11.7 Å². The summed E-state index contributed by atoms with van der Waals surface area (Å²) in [6.45, 7) is 0. The molecule has 0 atom stereocenters. The van der Waals surface area contributed by atoms with Crippen LogP contribution in [-0.4, -0.2) is 53.7 Å². The van der Waals surface area contributed by atoms with Crippen LogP contribution in [0.1, 0.15) is 16.7 Å². The van der Waals surface area contributed by atoms with Crippen molar-refractivity contribution in [2.24, 2.45) is 0 Å². The highest BCUT2D eigenvalue weighted by Crippen LogP contribution is 2.41. The quantitative estimate of drug-likeness (QED) is 0.260. The number of carbonyl (C=O) groups excluding carboxylic acids is 1. The first kappa shape index (κ1) is 27.8. The Balaban J connectivity index is 1.95. The third-order valence-corrected chi connectivity index (χ3v) is 5.60. The Labute approximate surface area is 221 Å². The molecule has 0 fully saturated rings. The van der Waals surface area contributed by atoms with Crippen LogP contribution in [0, 0.1) is 0 Å². The van der Waals surface area contributed by atoms with Gasteiger partial charge in [-0.3, -0.25) is 4.79 Å². The van der Waals surface area contributed by atoms with Gasteiger partial charge >= 0.3 is 0 Å². The molecular formula is C29H31NO8. The number of benzene rings is 3. The van der Waals surface area contributed by atoms with E-state index in [0.717, 1.165) is 5.56 Å². The van der Waals surface area contributed by atoms with Crippen LogP contribution in [0.25, 0.3) is 18.2 Å². The number of ether oxygens (including phenoxy) is 6. The summed E-state index contributed by atoms with van der Waals surface area (Å²) in [5.41, 5.74) is 2.49. The van der Waals surface area contributed by atoms with Crippen molar-refractivity contribution in [3.63, 3.8) is 0 Å². The third kappa shape index (κ3) is 6.31. The van der Waals surface area contributed by atoms with Gasteiger partial charge in [0, 0.05) is 11.6 Å². The molecule has 0 radical (unpaired) electrons. The van der Waals surface area contributed by atoms with Crippen LogP contribution in [0.5, 0.6) is 40.2 Å². The number of anilines is 1. The van der Waals surface area contributed by atoms with Gasteiger partial charge in [0.15, 0.2) is 34.5 Å². The van der Waals surface area contributed by atoms with Crippen molar-refractivity contribution in [3.8, 4) is 40.2 Å². The molecule has 0 saturated carbocycles. The number of methoxy groups -OCH3 is 6. The minimum atomic E-state index is -0.408. The van der Waals surface area contributed by atoms with Crippen LogP contribution in [0.4, 0.5) is 5.69 Å². The second kappa shape index (κ2) is 13.0. The minimum absolute atomic E-state index is 0.0243. The molecule has 9 nitrogen and oxygen atoms in total. The molecule has 0 aliphatic carbocycles. The van der Waals surface area contributed by atoms with Gasteiger partial charge in [0.1, 0.15) is 0 Å². The number of hydrogen-bond acceptors (Lipinski definition) is 8. The van der Waals surface area contributed by atoms with Crippen molar-refractivity contribution in [2.45, 2.75) is 0 Å². The summed E-state index contributed by atoms with van der Waals surface area (Å²) < 4.78 is 32.3. The smallest absolute Gasteiger partial charge is 0.248 e. The molecule has 0 bridgehead atoms. The Kier molecular flexibility index (Phi) is 9.48. The monoisotopic (exact) mass is 521 g/mol. The molecule has 0 aliphatic heterocycles. The summed E-state index contributed by atoms with van der Waals surface area (Å²) >= 11 is 0. The van der Waals surface area contributed by atoms with E-state index in [1.165, 1.54) is 33.5 Å². The van der Waals surface area contributed by atoms with Crippen molar-refractivity contribution in [3.05, 3.63) is 65.2 Å². The van der Waals surface area contributed by atoms with Crippen molar-refractivity contribution in [1.82, 2.24) is 0 Å². The number of aromatic hydroxyl groups is 1. The maximum Gasteiger partial charge on any atom is 0.248 e. The molecular weight excluding hydrogens is 490 g/mol. The normalized spacial score (nSPS) is 10.9. The SMILES string of the molecule is COc1ccc(/C=C/C(=O)Nc2c(C=Cc3cc(OC)c(OC)c(OC)c3)ccc(OC)c2OC)cc1O. The number of nitrogens with one attached hydrogen (secondary N) is 1. The third-order valence-electron chi connectivity index (χ3n) is 5.60. The molecule has 0 spiro atoms. The molecule has 3 aromatic rings. The second-order valence-corrected chi connectivity index (χ2v) is 7.81. The Morgan fingerprint density at radius 1 is 0.658 bits per heavy atom. The predicted molar refractivity (Wildman–Crippen MR) is 147 cm³/mol. The molecule has 0 aliphatic rings. The van der Waals surface area contributed by atoms with Gasteiger partial charge in [-0.15, -0.1) is 0 Å². The highest BCUT2D eigenvalue weighted by Gasteiger charge is 2.16. The molecule has 0 unspecified atom stereocenters. The van der Waals surface area contributed by atoms with E-state index < -0.39 is 5.91 Å². The zero-order valence-corrected chi connectivity index (χ0v) is 22.2. The average Bonchev–Trinajstić information content (AvgIpc) is 2.94. The highest BCUT2D eigenvalue weighted by molar-refractivity contribution is 6.04. The van der Waals surface area contributed by atoms with Gasteiger partial charge in [-0.25, -0.2) is 0 Å². The summed E-state index contributed by atoms with van der Waals surface area (Å²) in [6.07, 6.45) is 6.60. The van der Waals surface area contributed by atoms with Crippen LogP contribution in [-0.2, 0) is 4.79 Å². The predicted octanol–water partition coefficient (Wildman–Crippen LogP) is 5.27. The Morgan fingerprint density at radius 2 is 1.26 bits per heavy atom. The standard InChI is InChI=1S/C29H31NO8/c1-33-22-12-8-18(15-21(22)31)9-14-26(32)30-27-20(11-13-23(34-2)29(27)38-6)10-7-19-16-24(35-3)28(37-5)25(17-19)36-4/h7-17,31H,1-6H3,(H,30,32)/b10-7?,14-9+. The first-order chi connectivity index (χ1) is 18.4. The molecule has 3 rings (SSSR count).